The second-order valence-corrected chi connectivity index (χ2v) is 5.42. The van der Waals surface area contributed by atoms with Gasteiger partial charge in [0.15, 0.2) is 0 Å². The zero-order chi connectivity index (χ0) is 14.8. The first-order valence-corrected chi connectivity index (χ1v) is 8.26. The van der Waals surface area contributed by atoms with Crippen LogP contribution in [0.2, 0.25) is 0 Å². The molecule has 3 nitrogen and oxygen atoms in total. The molecule has 110 valence electrons. The highest BCUT2D eigenvalue weighted by Crippen LogP contribution is 2.21. The van der Waals surface area contributed by atoms with Crippen LogP contribution in [0, 0.1) is 0 Å². The molecule has 0 fully saturated rings. The average Bonchev–Trinajstić information content (AvgIpc) is 2.55. The summed E-state index contributed by atoms with van der Waals surface area (Å²) in [5.41, 5.74) is 1.68. The van der Waals surface area contributed by atoms with Gasteiger partial charge in [-0.25, -0.2) is 0 Å². The highest BCUT2D eigenvalue weighted by atomic mass is 79.9. The number of halogens is 1. The summed E-state index contributed by atoms with van der Waals surface area (Å²) in [6.45, 7) is 0.762. The molecule has 0 aliphatic rings. The molecule has 2 rings (SSSR count). The number of hydrogen-bond acceptors (Lipinski definition) is 3. The summed E-state index contributed by atoms with van der Waals surface area (Å²) < 4.78 is 5.68. The SMILES string of the molecule is BrCCCCCOc1ccc(N=Nc2ccccc2)cc1. The third-order valence-corrected chi connectivity index (χ3v) is 3.48. The third-order valence-electron chi connectivity index (χ3n) is 2.92. The molecule has 21 heavy (non-hydrogen) atoms. The Hall–Kier alpha value is -1.68. The Balaban J connectivity index is 1.80. The standard InChI is InChI=1S/C17H19BrN2O/c18-13-5-2-6-14-21-17-11-9-16(10-12-17)20-19-15-7-3-1-4-8-15/h1,3-4,7-12H,2,5-6,13-14H2. The zero-order valence-corrected chi connectivity index (χ0v) is 13.5. The van der Waals surface area contributed by atoms with E-state index < -0.39 is 0 Å². The van der Waals surface area contributed by atoms with Crippen LogP contribution in [0.5, 0.6) is 5.75 Å². The Labute approximate surface area is 134 Å². The molecular formula is C17H19BrN2O. The fourth-order valence-corrected chi connectivity index (χ4v) is 2.18. The Kier molecular flexibility index (Phi) is 6.95. The minimum absolute atomic E-state index is 0.762. The maximum absolute atomic E-state index is 5.68. The van der Waals surface area contributed by atoms with Gasteiger partial charge in [0, 0.05) is 5.33 Å². The van der Waals surface area contributed by atoms with Gasteiger partial charge in [-0.15, -0.1) is 0 Å². The van der Waals surface area contributed by atoms with Crippen LogP contribution in [0.4, 0.5) is 11.4 Å². The summed E-state index contributed by atoms with van der Waals surface area (Å²) in [5.74, 6) is 0.882. The quantitative estimate of drug-likeness (QED) is 0.325. The molecule has 4 heteroatoms. The molecule has 0 atom stereocenters. The zero-order valence-electron chi connectivity index (χ0n) is 11.9. The highest BCUT2D eigenvalue weighted by molar-refractivity contribution is 9.09. The van der Waals surface area contributed by atoms with E-state index >= 15 is 0 Å². The largest absolute Gasteiger partial charge is 0.494 e. The van der Waals surface area contributed by atoms with Crippen LogP contribution < -0.4 is 4.74 Å². The second-order valence-electron chi connectivity index (χ2n) is 4.63. The number of azo groups is 1. The maximum atomic E-state index is 5.68. The van der Waals surface area contributed by atoms with Gasteiger partial charge in [0.2, 0.25) is 0 Å². The van der Waals surface area contributed by atoms with Crippen molar-refractivity contribution in [1.29, 1.82) is 0 Å². The van der Waals surface area contributed by atoms with Crippen LogP contribution in [-0.4, -0.2) is 11.9 Å². The van der Waals surface area contributed by atoms with Crippen molar-refractivity contribution >= 4 is 27.3 Å². The minimum atomic E-state index is 0.762. The van der Waals surface area contributed by atoms with Gasteiger partial charge in [-0.2, -0.15) is 10.2 Å². The van der Waals surface area contributed by atoms with Crippen molar-refractivity contribution < 1.29 is 4.74 Å². The molecule has 0 heterocycles. The van der Waals surface area contributed by atoms with E-state index in [4.69, 9.17) is 4.74 Å². The fourth-order valence-electron chi connectivity index (χ4n) is 1.78. The van der Waals surface area contributed by atoms with E-state index in [1.54, 1.807) is 0 Å². The van der Waals surface area contributed by atoms with Crippen molar-refractivity contribution in [2.24, 2.45) is 10.2 Å². The van der Waals surface area contributed by atoms with Gasteiger partial charge in [-0.05, 0) is 55.7 Å². The van der Waals surface area contributed by atoms with E-state index in [0.717, 1.165) is 35.5 Å². The van der Waals surface area contributed by atoms with Gasteiger partial charge in [0.1, 0.15) is 5.75 Å². The molecule has 0 aromatic heterocycles. The first kappa shape index (κ1) is 15.7. The molecular weight excluding hydrogens is 328 g/mol. The lowest BCUT2D eigenvalue weighted by Crippen LogP contribution is -1.96. The molecule has 0 N–H and O–H groups in total. The number of rotatable bonds is 8. The first-order valence-electron chi connectivity index (χ1n) is 7.14. The fraction of sp³-hybridized carbons (Fsp3) is 0.294. The molecule has 0 spiro atoms. The number of hydrogen-bond donors (Lipinski definition) is 0. The molecule has 0 aliphatic carbocycles. The molecule has 0 unspecified atom stereocenters. The first-order chi connectivity index (χ1) is 10.4. The van der Waals surface area contributed by atoms with E-state index in [1.807, 2.05) is 54.6 Å². The number of alkyl halides is 1. The minimum Gasteiger partial charge on any atom is -0.494 e. The Morgan fingerprint density at radius 3 is 2.10 bits per heavy atom. The normalized spacial score (nSPS) is 10.9. The van der Waals surface area contributed by atoms with E-state index in [1.165, 1.54) is 12.8 Å². The summed E-state index contributed by atoms with van der Waals surface area (Å²) in [6, 6.07) is 17.4. The van der Waals surface area contributed by atoms with Gasteiger partial charge >= 0.3 is 0 Å². The average molecular weight is 347 g/mol. The lowest BCUT2D eigenvalue weighted by Gasteiger charge is -2.05. The number of unbranched alkanes of at least 4 members (excludes halogenated alkanes) is 2. The predicted molar refractivity (Wildman–Crippen MR) is 90.2 cm³/mol. The van der Waals surface area contributed by atoms with Crippen molar-refractivity contribution in [3.05, 3.63) is 54.6 Å². The Bertz CT molecular complexity index is 540. The van der Waals surface area contributed by atoms with Crippen LogP contribution in [0.15, 0.2) is 64.8 Å². The van der Waals surface area contributed by atoms with Crippen molar-refractivity contribution in [2.75, 3.05) is 11.9 Å². The Morgan fingerprint density at radius 2 is 1.43 bits per heavy atom. The van der Waals surface area contributed by atoms with E-state index in [9.17, 15) is 0 Å². The van der Waals surface area contributed by atoms with Crippen LogP contribution >= 0.6 is 15.9 Å². The number of ether oxygens (including phenoxy) is 1. The van der Waals surface area contributed by atoms with Crippen molar-refractivity contribution in [3.8, 4) is 5.75 Å². The van der Waals surface area contributed by atoms with Crippen LogP contribution in [0.25, 0.3) is 0 Å². The summed E-state index contributed by atoms with van der Waals surface area (Å²) in [6.07, 6.45) is 3.47. The van der Waals surface area contributed by atoms with Crippen molar-refractivity contribution in [3.63, 3.8) is 0 Å². The summed E-state index contributed by atoms with van der Waals surface area (Å²) in [4.78, 5) is 0. The topological polar surface area (TPSA) is 34.0 Å². The molecule has 0 bridgehead atoms. The molecule has 0 amide bonds. The van der Waals surface area contributed by atoms with Gasteiger partial charge in [0.25, 0.3) is 0 Å². The van der Waals surface area contributed by atoms with Gasteiger partial charge in [-0.3, -0.25) is 0 Å². The van der Waals surface area contributed by atoms with E-state index in [2.05, 4.69) is 26.2 Å². The molecule has 0 radical (unpaired) electrons. The van der Waals surface area contributed by atoms with Crippen LogP contribution in [-0.2, 0) is 0 Å². The smallest absolute Gasteiger partial charge is 0.119 e. The summed E-state index contributed by atoms with van der Waals surface area (Å²) >= 11 is 3.43. The molecule has 2 aromatic carbocycles. The molecule has 2 aromatic rings. The molecule has 0 aliphatic heterocycles. The molecule has 0 saturated heterocycles. The van der Waals surface area contributed by atoms with Crippen molar-refractivity contribution in [1.82, 2.24) is 0 Å². The second kappa shape index (κ2) is 9.29. The lowest BCUT2D eigenvalue weighted by atomic mass is 10.2. The van der Waals surface area contributed by atoms with Crippen LogP contribution in [0.3, 0.4) is 0 Å². The highest BCUT2D eigenvalue weighted by Gasteiger charge is 1.95. The summed E-state index contributed by atoms with van der Waals surface area (Å²) in [5, 5.41) is 9.45. The monoisotopic (exact) mass is 346 g/mol. The number of nitrogens with zero attached hydrogens (tertiary/aromatic N) is 2. The number of benzene rings is 2. The van der Waals surface area contributed by atoms with E-state index in [-0.39, 0.29) is 0 Å². The van der Waals surface area contributed by atoms with E-state index in [0.29, 0.717) is 0 Å². The molecule has 0 saturated carbocycles. The maximum Gasteiger partial charge on any atom is 0.119 e. The van der Waals surface area contributed by atoms with Gasteiger partial charge in [0.05, 0.1) is 18.0 Å². The van der Waals surface area contributed by atoms with Crippen LogP contribution in [0.1, 0.15) is 19.3 Å². The predicted octanol–water partition coefficient (Wildman–Crippen LogP) is 6.05. The Morgan fingerprint density at radius 1 is 0.762 bits per heavy atom. The lowest BCUT2D eigenvalue weighted by molar-refractivity contribution is 0.306. The van der Waals surface area contributed by atoms with Gasteiger partial charge < -0.3 is 4.74 Å². The van der Waals surface area contributed by atoms with Crippen molar-refractivity contribution in [2.45, 2.75) is 19.3 Å². The van der Waals surface area contributed by atoms with Gasteiger partial charge in [-0.1, -0.05) is 34.1 Å². The third kappa shape index (κ3) is 6.08. The summed E-state index contributed by atoms with van der Waals surface area (Å²) in [7, 11) is 0.